The van der Waals surface area contributed by atoms with Gasteiger partial charge in [-0.2, -0.15) is 5.10 Å². The van der Waals surface area contributed by atoms with Crippen LogP contribution in [-0.4, -0.2) is 205 Å². The van der Waals surface area contributed by atoms with Gasteiger partial charge in [0.25, 0.3) is 5.91 Å². The molecule has 0 aliphatic carbocycles. The highest BCUT2D eigenvalue weighted by atomic mass is 32.2. The van der Waals surface area contributed by atoms with Crippen molar-refractivity contribution in [2.24, 2.45) is 10.9 Å². The van der Waals surface area contributed by atoms with Crippen LogP contribution in [0.3, 0.4) is 0 Å². The van der Waals surface area contributed by atoms with Gasteiger partial charge in [0.15, 0.2) is 11.4 Å². The van der Waals surface area contributed by atoms with Gasteiger partial charge in [0.1, 0.15) is 47.0 Å². The number of amides is 4. The number of hydrogen-bond acceptors (Lipinski definition) is 17. The number of aromatic nitrogens is 3. The lowest BCUT2D eigenvalue weighted by atomic mass is 9.88. The molecule has 0 spiro atoms. The Kier molecular flexibility index (Phi) is 22.1. The van der Waals surface area contributed by atoms with Crippen LogP contribution in [0.5, 0.6) is 5.75 Å². The molecule has 0 saturated carbocycles. The molecule has 8 rings (SSSR count). The van der Waals surface area contributed by atoms with Crippen molar-refractivity contribution in [3.63, 3.8) is 0 Å². The van der Waals surface area contributed by atoms with E-state index in [2.05, 4.69) is 36.2 Å². The van der Waals surface area contributed by atoms with Gasteiger partial charge in [-0.3, -0.25) is 29.0 Å². The Balaban J connectivity index is 0.670. The smallest absolute Gasteiger partial charge is 0.259 e. The maximum Gasteiger partial charge on any atom is 0.259 e. The zero-order valence-corrected chi connectivity index (χ0v) is 46.9. The number of nitrogens with one attached hydrogen (secondary N) is 4. The standard InChI is InChI=1S/C56H75F2N11O10S/c1-36-34-67(55(73)44-33-61-69-21-15-48(64-52(44)69)62-37(2)43-32-42(58)11-12-47(43)79-36)22-17-60-49(70)16-24-75-26-28-77-30-31-78-29-27-76-25-23-66-19-13-39(14-20-66)50(65-53(72)38(3)59-4)56(74)68-18-5-6-46(68)54-63-45(35-80-54)51(71)40-7-9-41(57)10-8-40/h7-12,15,21,32-33,36-39,45-46,50,59H,5-6,13-14,16-20,22-31,34-35H2,1-4H3,(H,60,70)(H,62,64)(H,65,72)/t36-,37?,38-,45?,46-,50-/m0/s1. The molecule has 2 saturated heterocycles. The Bertz CT molecular complexity index is 2770. The van der Waals surface area contributed by atoms with Gasteiger partial charge < -0.3 is 59.7 Å². The van der Waals surface area contributed by atoms with Crippen LogP contribution in [0.15, 0.2) is 65.9 Å². The number of benzene rings is 2. The lowest BCUT2D eigenvalue weighted by Gasteiger charge is -2.38. The minimum atomic E-state index is -0.698. The molecule has 434 valence electrons. The quantitative estimate of drug-likeness (QED) is 0.0511. The fraction of sp³-hybridized carbons (Fsp3) is 0.571. The Morgan fingerprint density at radius 2 is 1.57 bits per heavy atom. The van der Waals surface area contributed by atoms with Gasteiger partial charge in [0.2, 0.25) is 17.7 Å². The van der Waals surface area contributed by atoms with Crippen LogP contribution in [0.1, 0.15) is 85.2 Å². The third-order valence-electron chi connectivity index (χ3n) is 14.8. The molecule has 4 aromatic rings. The summed E-state index contributed by atoms with van der Waals surface area (Å²) in [6.07, 6.45) is 5.78. The SMILES string of the molecule is CN[C@@H](C)C(=O)N[C@H](C(=O)N1CCC[C@H]1C1=NC(C(=O)c2ccc(F)cc2)CS1)C1CCN(CCOCCOCCOCCOCCC(=O)NCCN2C[C@H](C)Oc3ccc(F)cc3C(C)Nc3ccn4ncc(c4n3)C2=O)CC1. The topological polar surface area (TPSA) is 232 Å². The number of hydrogen-bond donors (Lipinski definition) is 4. The lowest BCUT2D eigenvalue weighted by molar-refractivity contribution is -0.138. The average molecular weight is 1130 g/mol. The van der Waals surface area contributed by atoms with Crippen molar-refractivity contribution in [2.45, 2.75) is 89.2 Å². The van der Waals surface area contributed by atoms with Gasteiger partial charge in [-0.25, -0.2) is 18.3 Å². The number of thioether (sulfide) groups is 1. The Labute approximate surface area is 469 Å². The number of ether oxygens (including phenoxy) is 5. The minimum absolute atomic E-state index is 0.0604. The number of rotatable bonds is 26. The van der Waals surface area contributed by atoms with Crippen molar-refractivity contribution in [1.82, 2.24) is 45.2 Å². The molecule has 2 fully saturated rings. The highest BCUT2D eigenvalue weighted by Gasteiger charge is 2.43. The molecule has 0 radical (unpaired) electrons. The first-order valence-corrected chi connectivity index (χ1v) is 28.7. The van der Waals surface area contributed by atoms with Crippen molar-refractivity contribution < 1.29 is 56.4 Å². The summed E-state index contributed by atoms with van der Waals surface area (Å²) >= 11 is 1.49. The zero-order valence-electron chi connectivity index (χ0n) is 46.0. The third kappa shape index (κ3) is 16.3. The van der Waals surface area contributed by atoms with Gasteiger partial charge in [-0.05, 0) is 121 Å². The van der Waals surface area contributed by atoms with E-state index < -0.39 is 35.9 Å². The summed E-state index contributed by atoms with van der Waals surface area (Å²) in [5.74, 6) is -0.523. The van der Waals surface area contributed by atoms with Crippen LogP contribution in [0.2, 0.25) is 0 Å². The fourth-order valence-electron chi connectivity index (χ4n) is 10.2. The number of aliphatic imine (C=N–C) groups is 1. The van der Waals surface area contributed by atoms with Crippen LogP contribution in [0, 0.1) is 17.6 Å². The van der Waals surface area contributed by atoms with E-state index in [0.29, 0.717) is 92.5 Å². The second kappa shape index (κ2) is 29.5. The Morgan fingerprint density at radius 3 is 2.30 bits per heavy atom. The summed E-state index contributed by atoms with van der Waals surface area (Å²) in [6, 6.07) is 9.15. The molecule has 80 heavy (non-hydrogen) atoms. The molecular weight excluding hydrogens is 1060 g/mol. The predicted molar refractivity (Wildman–Crippen MR) is 297 cm³/mol. The number of Topliss-reactive ketones (excluding diaryl/α,β-unsaturated/α-hetero) is 1. The van der Waals surface area contributed by atoms with E-state index >= 15 is 0 Å². The lowest BCUT2D eigenvalue weighted by Crippen LogP contribution is -2.58. The molecule has 21 nitrogen and oxygen atoms in total. The van der Waals surface area contributed by atoms with E-state index in [0.717, 1.165) is 50.4 Å². The largest absolute Gasteiger partial charge is 0.489 e. The number of piperidine rings is 1. The zero-order chi connectivity index (χ0) is 56.5. The summed E-state index contributed by atoms with van der Waals surface area (Å²) in [6.45, 7) is 11.7. The normalized spacial score (nSPS) is 20.7. The van der Waals surface area contributed by atoms with E-state index in [9.17, 15) is 32.8 Å². The van der Waals surface area contributed by atoms with Crippen LogP contribution in [0.25, 0.3) is 5.65 Å². The van der Waals surface area contributed by atoms with Crippen molar-refractivity contribution in [1.29, 1.82) is 0 Å². The number of halogens is 2. The number of likely N-dealkylation sites (tertiary alicyclic amines) is 2. The summed E-state index contributed by atoms with van der Waals surface area (Å²) in [4.78, 5) is 82.7. The highest BCUT2D eigenvalue weighted by molar-refractivity contribution is 8.14. The van der Waals surface area contributed by atoms with E-state index in [-0.39, 0.29) is 80.1 Å². The maximum atomic E-state index is 14.4. The second-order valence-corrected chi connectivity index (χ2v) is 21.5. The second-order valence-electron chi connectivity index (χ2n) is 20.4. The molecule has 2 unspecified atom stereocenters. The summed E-state index contributed by atoms with van der Waals surface area (Å²) in [7, 11) is 1.71. The van der Waals surface area contributed by atoms with Crippen LogP contribution >= 0.6 is 11.8 Å². The summed E-state index contributed by atoms with van der Waals surface area (Å²) in [5, 5.41) is 17.3. The summed E-state index contributed by atoms with van der Waals surface area (Å²) in [5.41, 5.74) is 1.67. The summed E-state index contributed by atoms with van der Waals surface area (Å²) < 4.78 is 58.5. The Hall–Kier alpha value is -6.15. The van der Waals surface area contributed by atoms with E-state index in [1.165, 1.54) is 58.9 Å². The van der Waals surface area contributed by atoms with Gasteiger partial charge in [-0.15, -0.1) is 11.8 Å². The number of likely N-dealkylation sites (N-methyl/N-ethyl adjacent to an activating group) is 1. The van der Waals surface area contributed by atoms with E-state index in [1.807, 2.05) is 18.7 Å². The molecular formula is C56H75F2N11O10S. The molecule has 4 amide bonds. The van der Waals surface area contributed by atoms with Crippen molar-refractivity contribution in [3.05, 3.63) is 89.2 Å². The number of carbonyl (C=O) groups excluding carboxylic acids is 5. The van der Waals surface area contributed by atoms with Gasteiger partial charge >= 0.3 is 0 Å². The van der Waals surface area contributed by atoms with Gasteiger partial charge in [-0.1, -0.05) is 0 Å². The highest BCUT2D eigenvalue weighted by Crippen LogP contribution is 2.33. The molecule has 2 aromatic heterocycles. The first kappa shape index (κ1) is 60.0. The molecule has 4 aliphatic heterocycles. The number of anilines is 1. The molecule has 6 atom stereocenters. The minimum Gasteiger partial charge on any atom is -0.489 e. The first-order chi connectivity index (χ1) is 38.8. The molecule has 24 heteroatoms. The molecule has 4 aliphatic rings. The average Bonchev–Trinajstić information content (AvgIpc) is 4.26. The molecule has 4 N–H and O–H groups in total. The van der Waals surface area contributed by atoms with Gasteiger partial charge in [0, 0.05) is 55.7 Å². The number of ketones is 1. The van der Waals surface area contributed by atoms with Crippen LogP contribution in [-0.2, 0) is 33.3 Å². The number of fused-ring (bicyclic) bond motifs is 2. The molecule has 2 aromatic carbocycles. The van der Waals surface area contributed by atoms with Gasteiger partial charge in [0.05, 0.1) is 88.8 Å². The maximum absolute atomic E-state index is 14.4. The van der Waals surface area contributed by atoms with E-state index in [1.54, 1.807) is 37.2 Å². The number of nitrogens with zero attached hydrogens (tertiary/aromatic N) is 7. The van der Waals surface area contributed by atoms with E-state index in [4.69, 9.17) is 28.7 Å². The van der Waals surface area contributed by atoms with Crippen molar-refractivity contribution in [3.8, 4) is 5.75 Å². The monoisotopic (exact) mass is 1130 g/mol. The van der Waals surface area contributed by atoms with Crippen molar-refractivity contribution >= 4 is 57.7 Å². The van der Waals surface area contributed by atoms with Crippen molar-refractivity contribution in [2.75, 3.05) is 117 Å². The molecule has 6 heterocycles. The fourth-order valence-corrected chi connectivity index (χ4v) is 11.4. The number of carbonyl (C=O) groups is 5. The van der Waals surface area contributed by atoms with Crippen LogP contribution < -0.4 is 26.0 Å². The predicted octanol–water partition coefficient (Wildman–Crippen LogP) is 4.17. The molecule has 2 bridgehead atoms. The first-order valence-electron chi connectivity index (χ1n) is 27.7. The third-order valence-corrected chi connectivity index (χ3v) is 15.9. The van der Waals surface area contributed by atoms with Crippen LogP contribution in [0.4, 0.5) is 14.6 Å². The Morgan fingerprint density at radius 1 is 0.875 bits per heavy atom.